The number of urea groups is 1. The highest BCUT2D eigenvalue weighted by molar-refractivity contribution is 6.20. The van der Waals surface area contributed by atoms with Crippen LogP contribution in [0.15, 0.2) is 0 Å². The third kappa shape index (κ3) is 6.71. The third-order valence-electron chi connectivity index (χ3n) is 6.65. The van der Waals surface area contributed by atoms with E-state index in [1.165, 1.54) is 6.42 Å². The van der Waals surface area contributed by atoms with Gasteiger partial charge in [0.25, 0.3) is 0 Å². The molecule has 3 fully saturated rings. The first kappa shape index (κ1) is 21.5. The van der Waals surface area contributed by atoms with Crippen LogP contribution in [0.4, 0.5) is 9.59 Å². The van der Waals surface area contributed by atoms with E-state index in [4.69, 9.17) is 16.3 Å². The van der Waals surface area contributed by atoms with Crippen molar-refractivity contribution in [2.24, 2.45) is 5.92 Å². The molecule has 3 atom stereocenters. The molecule has 0 aromatic heterocycles. The maximum absolute atomic E-state index is 12.4. The normalized spacial score (nSPS) is 34.3. The Labute approximate surface area is 173 Å². The Morgan fingerprint density at radius 2 is 1.50 bits per heavy atom. The van der Waals surface area contributed by atoms with Crippen LogP contribution < -0.4 is 16.0 Å². The Kier molecular flexibility index (Phi) is 8.12. The molecule has 0 bridgehead atoms. The summed E-state index contributed by atoms with van der Waals surface area (Å²) in [6.07, 6.45) is 11.7. The van der Waals surface area contributed by atoms with E-state index in [1.54, 1.807) is 0 Å². The van der Waals surface area contributed by atoms with Gasteiger partial charge in [-0.2, -0.15) is 0 Å². The molecule has 3 saturated carbocycles. The lowest BCUT2D eigenvalue weighted by molar-refractivity contribution is 0.0701. The van der Waals surface area contributed by atoms with Crippen LogP contribution >= 0.6 is 11.6 Å². The van der Waals surface area contributed by atoms with Crippen molar-refractivity contribution < 1.29 is 14.3 Å². The first-order chi connectivity index (χ1) is 13.5. The zero-order chi connectivity index (χ0) is 19.9. The summed E-state index contributed by atoms with van der Waals surface area (Å²) in [7, 11) is 0. The fourth-order valence-electron chi connectivity index (χ4n) is 4.78. The van der Waals surface area contributed by atoms with Gasteiger partial charge in [-0.1, -0.05) is 13.3 Å². The van der Waals surface area contributed by atoms with Gasteiger partial charge in [0.05, 0.1) is 0 Å². The van der Waals surface area contributed by atoms with Crippen molar-refractivity contribution in [2.45, 2.75) is 114 Å². The van der Waals surface area contributed by atoms with Gasteiger partial charge in [-0.3, -0.25) is 0 Å². The fraction of sp³-hybridized carbons (Fsp3) is 0.905. The molecule has 28 heavy (non-hydrogen) atoms. The number of halogens is 1. The highest BCUT2D eigenvalue weighted by Crippen LogP contribution is 2.26. The van der Waals surface area contributed by atoms with Crippen LogP contribution in [0.3, 0.4) is 0 Å². The molecule has 0 aromatic carbocycles. The van der Waals surface area contributed by atoms with Crippen molar-refractivity contribution in [2.75, 3.05) is 0 Å². The Bertz CT molecular complexity index is 519. The van der Waals surface area contributed by atoms with Crippen LogP contribution in [0.2, 0.25) is 0 Å². The summed E-state index contributed by atoms with van der Waals surface area (Å²) in [4.78, 5) is 24.7. The van der Waals surface area contributed by atoms with Gasteiger partial charge in [-0.05, 0) is 76.5 Å². The summed E-state index contributed by atoms with van der Waals surface area (Å²) in [6.45, 7) is 2.17. The summed E-state index contributed by atoms with van der Waals surface area (Å²) >= 11 is 6.14. The van der Waals surface area contributed by atoms with Crippen molar-refractivity contribution in [3.63, 3.8) is 0 Å². The first-order valence-corrected chi connectivity index (χ1v) is 11.6. The summed E-state index contributed by atoms with van der Waals surface area (Å²) in [5.74, 6) is 0.400. The van der Waals surface area contributed by atoms with Gasteiger partial charge in [0, 0.05) is 23.5 Å². The molecule has 0 aromatic rings. The van der Waals surface area contributed by atoms with Crippen molar-refractivity contribution in [1.82, 2.24) is 16.0 Å². The van der Waals surface area contributed by atoms with Crippen molar-refractivity contribution in [3.05, 3.63) is 0 Å². The number of rotatable bonds is 4. The van der Waals surface area contributed by atoms with E-state index in [0.29, 0.717) is 5.92 Å². The zero-order valence-electron chi connectivity index (χ0n) is 17.1. The lowest BCUT2D eigenvalue weighted by Crippen LogP contribution is -2.53. The lowest BCUT2D eigenvalue weighted by atomic mass is 9.83. The quantitative estimate of drug-likeness (QED) is 0.595. The summed E-state index contributed by atoms with van der Waals surface area (Å²) in [5.41, 5.74) is 0. The second kappa shape index (κ2) is 10.6. The number of carbonyl (C=O) groups excluding carboxylic acids is 2. The Balaban J connectivity index is 1.40. The van der Waals surface area contributed by atoms with E-state index >= 15 is 0 Å². The number of amides is 3. The number of hydrogen-bond donors (Lipinski definition) is 3. The molecule has 0 spiro atoms. The van der Waals surface area contributed by atoms with E-state index in [0.717, 1.165) is 70.6 Å². The van der Waals surface area contributed by atoms with E-state index < -0.39 is 0 Å². The highest BCUT2D eigenvalue weighted by atomic mass is 35.5. The van der Waals surface area contributed by atoms with Gasteiger partial charge in [0.15, 0.2) is 0 Å². The van der Waals surface area contributed by atoms with Crippen LogP contribution in [0, 0.1) is 5.92 Å². The monoisotopic (exact) mass is 413 g/mol. The Morgan fingerprint density at radius 1 is 0.821 bits per heavy atom. The minimum Gasteiger partial charge on any atom is -0.446 e. The average molecular weight is 414 g/mol. The molecule has 0 radical (unpaired) electrons. The second-order valence-electron chi connectivity index (χ2n) is 8.97. The Morgan fingerprint density at radius 3 is 2.21 bits per heavy atom. The third-order valence-corrected chi connectivity index (χ3v) is 7.09. The van der Waals surface area contributed by atoms with E-state index in [1.807, 2.05) is 0 Å². The van der Waals surface area contributed by atoms with Gasteiger partial charge in [-0.15, -0.1) is 11.6 Å². The van der Waals surface area contributed by atoms with Crippen LogP contribution in [0.1, 0.15) is 84.0 Å². The van der Waals surface area contributed by atoms with Gasteiger partial charge in [-0.25, -0.2) is 9.59 Å². The van der Waals surface area contributed by atoms with Gasteiger partial charge < -0.3 is 20.7 Å². The molecular weight excluding hydrogens is 378 g/mol. The molecule has 3 unspecified atom stereocenters. The SMILES string of the molecule is CC1CCC(NC(=O)OC2CCCCC2)CC1NC(=O)NC1CCC(Cl)CC1. The van der Waals surface area contributed by atoms with Gasteiger partial charge >= 0.3 is 12.1 Å². The molecule has 0 saturated heterocycles. The maximum atomic E-state index is 12.4. The second-order valence-corrected chi connectivity index (χ2v) is 9.59. The van der Waals surface area contributed by atoms with Crippen LogP contribution in [0.25, 0.3) is 0 Å². The molecule has 3 amide bonds. The van der Waals surface area contributed by atoms with Crippen molar-refractivity contribution in [3.8, 4) is 0 Å². The molecule has 3 aliphatic rings. The predicted molar refractivity (Wildman–Crippen MR) is 111 cm³/mol. The van der Waals surface area contributed by atoms with Crippen LogP contribution in [-0.2, 0) is 4.74 Å². The first-order valence-electron chi connectivity index (χ1n) is 11.2. The Hall–Kier alpha value is -1.17. The predicted octanol–water partition coefficient (Wildman–Crippen LogP) is 4.45. The molecular formula is C21H36ClN3O3. The molecule has 0 heterocycles. The number of ether oxygens (including phenoxy) is 1. The number of alkyl carbamates (subject to hydrolysis) is 1. The number of alkyl halides is 1. The topological polar surface area (TPSA) is 79.5 Å². The van der Waals surface area contributed by atoms with E-state index in [-0.39, 0.29) is 41.7 Å². The molecule has 3 aliphatic carbocycles. The van der Waals surface area contributed by atoms with Crippen molar-refractivity contribution >= 4 is 23.7 Å². The molecule has 0 aliphatic heterocycles. The number of hydrogen-bond acceptors (Lipinski definition) is 3. The maximum Gasteiger partial charge on any atom is 0.407 e. The van der Waals surface area contributed by atoms with Crippen molar-refractivity contribution in [1.29, 1.82) is 0 Å². The molecule has 3 N–H and O–H groups in total. The number of nitrogens with one attached hydrogen (secondary N) is 3. The standard InChI is InChI=1S/C21H36ClN3O3/c1-14-7-10-17(24-21(27)28-18-5-3-2-4-6-18)13-19(14)25-20(26)23-16-11-8-15(22)9-12-16/h14-19H,2-13H2,1H3,(H,24,27)(H2,23,25,26). The average Bonchev–Trinajstić information content (AvgIpc) is 2.67. The van der Waals surface area contributed by atoms with E-state index in [2.05, 4.69) is 22.9 Å². The van der Waals surface area contributed by atoms with Gasteiger partial charge in [0.1, 0.15) is 6.10 Å². The summed E-state index contributed by atoms with van der Waals surface area (Å²) < 4.78 is 5.59. The summed E-state index contributed by atoms with van der Waals surface area (Å²) in [5, 5.41) is 9.51. The van der Waals surface area contributed by atoms with Gasteiger partial charge in [0.2, 0.25) is 0 Å². The van der Waals surface area contributed by atoms with Crippen LogP contribution in [0.5, 0.6) is 0 Å². The fourth-order valence-corrected chi connectivity index (χ4v) is 5.03. The molecule has 160 valence electrons. The smallest absolute Gasteiger partial charge is 0.407 e. The minimum absolute atomic E-state index is 0.0595. The molecule has 7 heteroatoms. The molecule has 3 rings (SSSR count). The zero-order valence-corrected chi connectivity index (χ0v) is 17.8. The minimum atomic E-state index is -0.299. The van der Waals surface area contributed by atoms with Crippen LogP contribution in [-0.4, -0.2) is 41.7 Å². The summed E-state index contributed by atoms with van der Waals surface area (Å²) in [6, 6.07) is 0.246. The number of carbonyl (C=O) groups is 2. The van der Waals surface area contributed by atoms with E-state index in [9.17, 15) is 9.59 Å². The molecule has 6 nitrogen and oxygen atoms in total. The largest absolute Gasteiger partial charge is 0.446 e. The lowest BCUT2D eigenvalue weighted by Gasteiger charge is -2.36. The highest BCUT2D eigenvalue weighted by Gasteiger charge is 2.31.